The fourth-order valence-electron chi connectivity index (χ4n) is 1.94. The highest BCUT2D eigenvalue weighted by molar-refractivity contribution is 9.10. The zero-order chi connectivity index (χ0) is 13.9. The first-order chi connectivity index (χ1) is 9.74. The van der Waals surface area contributed by atoms with E-state index in [0.717, 1.165) is 15.6 Å². The van der Waals surface area contributed by atoms with E-state index < -0.39 is 5.97 Å². The third-order valence-electron chi connectivity index (χ3n) is 2.92. The summed E-state index contributed by atoms with van der Waals surface area (Å²) in [4.78, 5) is 16.6. The lowest BCUT2D eigenvalue weighted by Gasteiger charge is -2.00. The molecule has 20 heavy (non-hydrogen) atoms. The molecule has 0 spiro atoms. The average Bonchev–Trinajstić information content (AvgIpc) is 2.84. The molecule has 0 saturated heterocycles. The lowest BCUT2D eigenvalue weighted by atomic mass is 10.0. The summed E-state index contributed by atoms with van der Waals surface area (Å²) in [6, 6.07) is 17.2. The number of oxime groups is 1. The van der Waals surface area contributed by atoms with Gasteiger partial charge in [0.25, 0.3) is 0 Å². The van der Waals surface area contributed by atoms with Crippen molar-refractivity contribution in [3.8, 4) is 0 Å². The molecule has 0 aromatic heterocycles. The van der Waals surface area contributed by atoms with Gasteiger partial charge in [-0.05, 0) is 23.8 Å². The Morgan fingerprint density at radius 1 is 1.00 bits per heavy atom. The van der Waals surface area contributed by atoms with Gasteiger partial charge in [-0.2, -0.15) is 0 Å². The Bertz CT molecular complexity index is 703. The maximum atomic E-state index is 11.8. The molecule has 2 aromatic rings. The number of carbonyl (C=O) groups excluding carboxylic acids is 1. The minimum absolute atomic E-state index is 0.424. The number of hydrogen-bond acceptors (Lipinski definition) is 3. The molecule has 3 rings (SSSR count). The van der Waals surface area contributed by atoms with E-state index >= 15 is 0 Å². The van der Waals surface area contributed by atoms with Crippen LogP contribution in [0, 0.1) is 0 Å². The van der Waals surface area contributed by atoms with E-state index in [0.29, 0.717) is 11.3 Å². The monoisotopic (exact) mass is 327 g/mol. The molecule has 1 heterocycles. The summed E-state index contributed by atoms with van der Waals surface area (Å²) >= 11 is 3.38. The van der Waals surface area contributed by atoms with Gasteiger partial charge >= 0.3 is 5.97 Å². The van der Waals surface area contributed by atoms with E-state index in [4.69, 9.17) is 4.84 Å². The molecule has 0 atom stereocenters. The quantitative estimate of drug-likeness (QED) is 0.621. The van der Waals surface area contributed by atoms with Crippen LogP contribution in [0.1, 0.15) is 11.1 Å². The molecular formula is C16H10BrNO2. The predicted molar refractivity (Wildman–Crippen MR) is 81.2 cm³/mol. The number of halogens is 1. The number of benzene rings is 2. The SMILES string of the molecule is O=C1ON=C(c2ccccc2)/C1=C\c1ccc(Br)cc1. The summed E-state index contributed by atoms with van der Waals surface area (Å²) in [5, 5.41) is 3.87. The Morgan fingerprint density at radius 2 is 1.70 bits per heavy atom. The maximum Gasteiger partial charge on any atom is 0.368 e. The minimum Gasteiger partial charge on any atom is -0.312 e. The highest BCUT2D eigenvalue weighted by Gasteiger charge is 2.26. The van der Waals surface area contributed by atoms with Gasteiger partial charge in [-0.15, -0.1) is 0 Å². The van der Waals surface area contributed by atoms with E-state index in [-0.39, 0.29) is 0 Å². The number of carbonyl (C=O) groups is 1. The fourth-order valence-corrected chi connectivity index (χ4v) is 2.20. The minimum atomic E-state index is -0.424. The molecule has 2 aromatic carbocycles. The normalized spacial score (nSPS) is 16.1. The molecule has 4 heteroatoms. The van der Waals surface area contributed by atoms with Gasteiger partial charge < -0.3 is 4.84 Å². The van der Waals surface area contributed by atoms with E-state index in [2.05, 4.69) is 21.1 Å². The summed E-state index contributed by atoms with van der Waals surface area (Å²) in [5.74, 6) is -0.424. The van der Waals surface area contributed by atoms with Crippen molar-refractivity contribution in [3.63, 3.8) is 0 Å². The molecule has 0 unspecified atom stereocenters. The maximum absolute atomic E-state index is 11.8. The molecule has 3 nitrogen and oxygen atoms in total. The highest BCUT2D eigenvalue weighted by atomic mass is 79.9. The van der Waals surface area contributed by atoms with Crippen LogP contribution >= 0.6 is 15.9 Å². The van der Waals surface area contributed by atoms with Crippen molar-refractivity contribution in [2.75, 3.05) is 0 Å². The molecule has 98 valence electrons. The van der Waals surface area contributed by atoms with Gasteiger partial charge in [0.2, 0.25) is 0 Å². The van der Waals surface area contributed by atoms with E-state index in [1.807, 2.05) is 54.6 Å². The Balaban J connectivity index is 2.00. The standard InChI is InChI=1S/C16H10BrNO2/c17-13-8-6-11(7-9-13)10-14-15(18-20-16(14)19)12-4-2-1-3-5-12/h1-10H/b14-10+. The molecule has 1 aliphatic heterocycles. The molecule has 0 radical (unpaired) electrons. The second-order valence-corrected chi connectivity index (χ2v) is 5.21. The van der Waals surface area contributed by atoms with Crippen LogP contribution in [-0.2, 0) is 9.63 Å². The number of rotatable bonds is 2. The third kappa shape index (κ3) is 2.56. The fraction of sp³-hybridized carbons (Fsp3) is 0. The summed E-state index contributed by atoms with van der Waals surface area (Å²) in [5.41, 5.74) is 2.82. The summed E-state index contributed by atoms with van der Waals surface area (Å²) in [7, 11) is 0. The summed E-state index contributed by atoms with van der Waals surface area (Å²) in [6.45, 7) is 0. The summed E-state index contributed by atoms with van der Waals surface area (Å²) < 4.78 is 0.991. The van der Waals surface area contributed by atoms with E-state index in [1.165, 1.54) is 0 Å². The van der Waals surface area contributed by atoms with Crippen molar-refractivity contribution in [1.29, 1.82) is 0 Å². The van der Waals surface area contributed by atoms with Gasteiger partial charge in [-0.1, -0.05) is 63.6 Å². The average molecular weight is 328 g/mol. The van der Waals surface area contributed by atoms with Crippen LogP contribution in [0.2, 0.25) is 0 Å². The first-order valence-electron chi connectivity index (χ1n) is 6.06. The Kier molecular flexibility index (Phi) is 3.48. The third-order valence-corrected chi connectivity index (χ3v) is 3.45. The largest absolute Gasteiger partial charge is 0.368 e. The smallest absolute Gasteiger partial charge is 0.312 e. The van der Waals surface area contributed by atoms with Gasteiger partial charge in [-0.3, -0.25) is 0 Å². The number of nitrogens with zero attached hydrogens (tertiary/aromatic N) is 1. The van der Waals surface area contributed by atoms with Crippen molar-refractivity contribution in [3.05, 3.63) is 75.8 Å². The van der Waals surface area contributed by atoms with Crippen LogP contribution in [-0.4, -0.2) is 11.7 Å². The molecule has 0 aliphatic carbocycles. The van der Waals surface area contributed by atoms with Crippen molar-refractivity contribution < 1.29 is 9.63 Å². The van der Waals surface area contributed by atoms with Crippen LogP contribution in [0.25, 0.3) is 6.08 Å². The van der Waals surface area contributed by atoms with Crippen LogP contribution in [0.4, 0.5) is 0 Å². The first kappa shape index (κ1) is 12.8. The lowest BCUT2D eigenvalue weighted by Crippen LogP contribution is -2.06. The van der Waals surface area contributed by atoms with Gasteiger partial charge in [0.05, 0.1) is 5.57 Å². The van der Waals surface area contributed by atoms with Crippen molar-refractivity contribution in [1.82, 2.24) is 0 Å². The molecule has 0 saturated carbocycles. The molecule has 0 N–H and O–H groups in total. The second-order valence-electron chi connectivity index (χ2n) is 4.29. The van der Waals surface area contributed by atoms with Crippen LogP contribution < -0.4 is 0 Å². The molecule has 0 amide bonds. The van der Waals surface area contributed by atoms with Gasteiger partial charge in [0, 0.05) is 10.0 Å². The Morgan fingerprint density at radius 3 is 2.40 bits per heavy atom. The van der Waals surface area contributed by atoms with Crippen LogP contribution in [0.15, 0.2) is 69.8 Å². The second kappa shape index (κ2) is 5.43. The van der Waals surface area contributed by atoms with E-state index in [1.54, 1.807) is 6.08 Å². The van der Waals surface area contributed by atoms with Gasteiger partial charge in [0.15, 0.2) is 0 Å². The highest BCUT2D eigenvalue weighted by Crippen LogP contribution is 2.21. The van der Waals surface area contributed by atoms with Gasteiger partial charge in [-0.25, -0.2) is 4.79 Å². The molecular weight excluding hydrogens is 318 g/mol. The predicted octanol–water partition coefficient (Wildman–Crippen LogP) is 3.79. The molecule has 1 aliphatic rings. The van der Waals surface area contributed by atoms with Crippen molar-refractivity contribution in [2.24, 2.45) is 5.16 Å². The van der Waals surface area contributed by atoms with Gasteiger partial charge in [0.1, 0.15) is 5.71 Å². The zero-order valence-electron chi connectivity index (χ0n) is 10.4. The van der Waals surface area contributed by atoms with E-state index in [9.17, 15) is 4.79 Å². The Labute approximate surface area is 124 Å². The molecule has 0 fully saturated rings. The Hall–Kier alpha value is -2.20. The lowest BCUT2D eigenvalue weighted by molar-refractivity contribution is -0.136. The number of hydrogen-bond donors (Lipinski definition) is 0. The van der Waals surface area contributed by atoms with Crippen LogP contribution in [0.3, 0.4) is 0 Å². The summed E-state index contributed by atoms with van der Waals surface area (Å²) in [6.07, 6.45) is 1.79. The first-order valence-corrected chi connectivity index (χ1v) is 6.86. The van der Waals surface area contributed by atoms with Crippen molar-refractivity contribution >= 4 is 33.7 Å². The molecule has 0 bridgehead atoms. The van der Waals surface area contributed by atoms with Crippen LogP contribution in [0.5, 0.6) is 0 Å². The van der Waals surface area contributed by atoms with Crippen molar-refractivity contribution in [2.45, 2.75) is 0 Å². The topological polar surface area (TPSA) is 38.7 Å². The zero-order valence-corrected chi connectivity index (χ0v) is 12.0.